The number of carbonyl (C=O) groups excluding carboxylic acids is 2. The molecule has 3 saturated heterocycles. The molecule has 2 amide bonds. The number of carbonyl (C=O) groups is 2. The van der Waals surface area contributed by atoms with Crippen LogP contribution >= 0.6 is 0 Å². The maximum atomic E-state index is 13.4. The average molecular weight is 597 g/mol. The number of nitrogens with zero attached hydrogens (tertiary/aromatic N) is 5. The van der Waals surface area contributed by atoms with Gasteiger partial charge in [0.05, 0.1) is 24.1 Å². The molecule has 1 unspecified atom stereocenters. The Morgan fingerprint density at radius 2 is 1.81 bits per heavy atom. The number of hydroxylamine groups is 1. The van der Waals surface area contributed by atoms with Crippen LogP contribution in [0.25, 0.3) is 0 Å². The Balaban J connectivity index is 1.18. The molecule has 3 aliphatic heterocycles. The molecule has 43 heavy (non-hydrogen) atoms. The Bertz CT molecular complexity index is 1150. The highest BCUT2D eigenvalue weighted by atomic mass is 16.6. The molecule has 1 aliphatic carbocycles. The van der Waals surface area contributed by atoms with E-state index in [-0.39, 0.29) is 23.1 Å². The highest BCUT2D eigenvalue weighted by Gasteiger charge is 2.51. The first-order chi connectivity index (χ1) is 20.7. The van der Waals surface area contributed by atoms with Gasteiger partial charge >= 0.3 is 6.09 Å². The predicted molar refractivity (Wildman–Crippen MR) is 165 cm³/mol. The van der Waals surface area contributed by atoms with E-state index in [1.54, 1.807) is 7.11 Å². The highest BCUT2D eigenvalue weighted by Crippen LogP contribution is 2.43. The molecule has 0 radical (unpaired) electrons. The Labute approximate surface area is 257 Å². The van der Waals surface area contributed by atoms with E-state index in [2.05, 4.69) is 40.3 Å². The van der Waals surface area contributed by atoms with Gasteiger partial charge in [-0.05, 0) is 65.2 Å². The molecule has 1 aromatic heterocycles. The van der Waals surface area contributed by atoms with Gasteiger partial charge in [-0.15, -0.1) is 0 Å². The van der Waals surface area contributed by atoms with Crippen molar-refractivity contribution < 1.29 is 19.2 Å². The van der Waals surface area contributed by atoms with Gasteiger partial charge in [0.2, 0.25) is 0 Å². The van der Waals surface area contributed by atoms with Gasteiger partial charge in [0.25, 0.3) is 5.91 Å². The fourth-order valence-corrected chi connectivity index (χ4v) is 7.88. The summed E-state index contributed by atoms with van der Waals surface area (Å²) in [5, 5.41) is 0. The second-order valence-corrected chi connectivity index (χ2v) is 13.5. The summed E-state index contributed by atoms with van der Waals surface area (Å²) in [6.45, 7) is 13.2. The maximum Gasteiger partial charge on any atom is 0.410 e. The molecule has 4 heterocycles. The zero-order valence-corrected chi connectivity index (χ0v) is 27.0. The Hall–Kier alpha value is -2.72. The molecular weight excluding hydrogens is 544 g/mol. The van der Waals surface area contributed by atoms with Crippen LogP contribution in [0.1, 0.15) is 99.8 Å². The number of rotatable bonds is 9. The van der Waals surface area contributed by atoms with Crippen LogP contribution < -0.4 is 5.48 Å². The van der Waals surface area contributed by atoms with Crippen molar-refractivity contribution in [3.05, 3.63) is 35.1 Å². The lowest BCUT2D eigenvalue weighted by molar-refractivity contribution is -0.134. The molecule has 1 spiro atoms. The lowest BCUT2D eigenvalue weighted by atomic mass is 9.74. The highest BCUT2D eigenvalue weighted by molar-refractivity contribution is 5.96. The van der Waals surface area contributed by atoms with E-state index in [4.69, 9.17) is 9.57 Å². The minimum Gasteiger partial charge on any atom is -0.442 e. The average Bonchev–Trinajstić information content (AvgIpc) is 2.99. The van der Waals surface area contributed by atoms with Crippen molar-refractivity contribution in [2.75, 3.05) is 46.4 Å². The lowest BCUT2D eigenvalue weighted by Gasteiger charge is -2.55. The smallest absolute Gasteiger partial charge is 0.410 e. The Morgan fingerprint density at radius 1 is 1.12 bits per heavy atom. The largest absolute Gasteiger partial charge is 0.442 e. The third-order valence-corrected chi connectivity index (χ3v) is 10.8. The van der Waals surface area contributed by atoms with Crippen LogP contribution in [0, 0.1) is 25.7 Å². The molecule has 10 heteroatoms. The van der Waals surface area contributed by atoms with Gasteiger partial charge in [0.15, 0.2) is 0 Å². The molecule has 0 saturated carbocycles. The number of nitrogens with one attached hydrogen (secondary N) is 1. The van der Waals surface area contributed by atoms with Crippen LogP contribution in [0.15, 0.2) is 18.1 Å². The van der Waals surface area contributed by atoms with Crippen molar-refractivity contribution in [1.82, 2.24) is 30.1 Å². The molecule has 1 aromatic rings. The van der Waals surface area contributed by atoms with Crippen molar-refractivity contribution in [1.29, 1.82) is 0 Å². The third kappa shape index (κ3) is 6.85. The molecule has 4 aliphatic rings. The van der Waals surface area contributed by atoms with E-state index in [0.717, 1.165) is 121 Å². The SMILES string of the molecule is CCCC[C@H]1CN(CC2CC=C(NOC)CC2)C(=O)OC12CCN(C1(C)CCN(C(=O)c3c(C)ncnc3C)CC1)CC2. The third-order valence-electron chi connectivity index (χ3n) is 10.8. The number of likely N-dealkylation sites (tertiary alicyclic amines) is 2. The van der Waals surface area contributed by atoms with Crippen LogP contribution in [0.5, 0.6) is 0 Å². The van der Waals surface area contributed by atoms with Crippen molar-refractivity contribution >= 4 is 12.0 Å². The number of ether oxygens (including phenoxy) is 1. The van der Waals surface area contributed by atoms with E-state index in [1.807, 2.05) is 23.6 Å². The van der Waals surface area contributed by atoms with Crippen molar-refractivity contribution in [3.63, 3.8) is 0 Å². The Morgan fingerprint density at radius 3 is 2.42 bits per heavy atom. The molecular formula is C33H52N6O4. The number of unbranched alkanes of at least 4 members (excludes halogenated alkanes) is 1. The molecule has 1 N–H and O–H groups in total. The number of aromatic nitrogens is 2. The van der Waals surface area contributed by atoms with Gasteiger partial charge in [-0.3, -0.25) is 20.0 Å². The molecule has 5 rings (SSSR count). The molecule has 10 nitrogen and oxygen atoms in total. The number of hydrogen-bond donors (Lipinski definition) is 1. The first-order valence-electron chi connectivity index (χ1n) is 16.5. The zero-order chi connectivity index (χ0) is 30.6. The number of hydrogen-bond acceptors (Lipinski definition) is 8. The standard InChI is InChI=1S/C33H52N6O4/c1-6-7-8-27-22-38(21-26-9-11-28(12-10-26)36-42-5)31(41)43-33(27)15-19-39(20-16-33)32(4)13-17-37(18-14-32)30(40)29-24(2)34-23-35-25(29)3/h11,23,26-27,36H,6-10,12-22H2,1-5H3/t26?,27-/m0/s1. The summed E-state index contributed by atoms with van der Waals surface area (Å²) in [5.41, 5.74) is 5.90. The maximum absolute atomic E-state index is 13.4. The predicted octanol–water partition coefficient (Wildman–Crippen LogP) is 5.02. The van der Waals surface area contributed by atoms with Crippen molar-refractivity contribution in [3.8, 4) is 0 Å². The van der Waals surface area contributed by atoms with Crippen LogP contribution in [0.3, 0.4) is 0 Å². The minimum absolute atomic E-state index is 0.0321. The van der Waals surface area contributed by atoms with Gasteiger partial charge in [0.1, 0.15) is 11.9 Å². The molecule has 0 bridgehead atoms. The van der Waals surface area contributed by atoms with Crippen LogP contribution in [0.4, 0.5) is 4.79 Å². The zero-order valence-electron chi connectivity index (χ0n) is 27.0. The normalized spacial score (nSPS) is 25.8. The molecule has 2 atom stereocenters. The summed E-state index contributed by atoms with van der Waals surface area (Å²) in [7, 11) is 1.64. The fourth-order valence-electron chi connectivity index (χ4n) is 7.88. The minimum atomic E-state index is -0.364. The first kappa shape index (κ1) is 31.7. The van der Waals surface area contributed by atoms with Crippen molar-refractivity contribution in [2.45, 2.75) is 103 Å². The van der Waals surface area contributed by atoms with Crippen LogP contribution in [-0.4, -0.2) is 94.2 Å². The first-order valence-corrected chi connectivity index (χ1v) is 16.5. The number of aryl methyl sites for hydroxylation is 2. The monoisotopic (exact) mass is 596 g/mol. The van der Waals surface area contributed by atoms with Crippen LogP contribution in [-0.2, 0) is 9.57 Å². The Kier molecular flexibility index (Phi) is 9.96. The molecule has 3 fully saturated rings. The van der Waals surface area contributed by atoms with Gasteiger partial charge < -0.3 is 14.5 Å². The second kappa shape index (κ2) is 13.5. The second-order valence-electron chi connectivity index (χ2n) is 13.5. The van der Waals surface area contributed by atoms with Gasteiger partial charge in [-0.25, -0.2) is 14.8 Å². The summed E-state index contributed by atoms with van der Waals surface area (Å²) in [5.74, 6) is 0.866. The van der Waals surface area contributed by atoms with E-state index in [9.17, 15) is 9.59 Å². The van der Waals surface area contributed by atoms with Gasteiger partial charge in [-0.2, -0.15) is 0 Å². The van der Waals surface area contributed by atoms with Crippen LogP contribution in [0.2, 0.25) is 0 Å². The van der Waals surface area contributed by atoms with Gasteiger partial charge in [0, 0.05) is 69.3 Å². The summed E-state index contributed by atoms with van der Waals surface area (Å²) in [4.78, 5) is 46.9. The summed E-state index contributed by atoms with van der Waals surface area (Å²) >= 11 is 0. The molecule has 238 valence electrons. The van der Waals surface area contributed by atoms with E-state index in [0.29, 0.717) is 17.4 Å². The topological polar surface area (TPSA) is 100 Å². The number of piperidine rings is 2. The summed E-state index contributed by atoms with van der Waals surface area (Å²) < 4.78 is 6.47. The van der Waals surface area contributed by atoms with E-state index >= 15 is 0 Å². The van der Waals surface area contributed by atoms with Crippen molar-refractivity contribution in [2.24, 2.45) is 11.8 Å². The van der Waals surface area contributed by atoms with E-state index < -0.39 is 0 Å². The van der Waals surface area contributed by atoms with Gasteiger partial charge in [-0.1, -0.05) is 25.8 Å². The quantitative estimate of drug-likeness (QED) is 0.397. The lowest BCUT2D eigenvalue weighted by Crippen LogP contribution is -2.63. The molecule has 0 aromatic carbocycles. The fraction of sp³-hybridized carbons (Fsp3) is 0.758. The summed E-state index contributed by atoms with van der Waals surface area (Å²) in [6.07, 6.45) is 13.6. The summed E-state index contributed by atoms with van der Waals surface area (Å²) in [6, 6.07) is 0. The number of amides is 2. The number of allylic oxidation sites excluding steroid dienone is 2. The van der Waals surface area contributed by atoms with E-state index in [1.165, 1.54) is 6.33 Å².